The number of carbonyl (C=O) groups excluding carboxylic acids is 3. The van der Waals surface area contributed by atoms with Crippen LogP contribution in [0, 0.1) is 11.8 Å². The normalized spacial score (nSPS) is 19.0. The number of nitrogens with zero attached hydrogens (tertiary/aromatic N) is 1. The largest absolute Gasteiger partial charge is 0.378 e. The lowest BCUT2D eigenvalue weighted by Gasteiger charge is -2.30. The van der Waals surface area contributed by atoms with Gasteiger partial charge < -0.3 is 25.4 Å². The Hall–Kier alpha value is -2.45. The second-order valence-corrected chi connectivity index (χ2v) is 9.10. The van der Waals surface area contributed by atoms with E-state index in [1.54, 1.807) is 4.90 Å². The van der Waals surface area contributed by atoms with Crippen LogP contribution >= 0.6 is 0 Å². The van der Waals surface area contributed by atoms with Crippen molar-refractivity contribution >= 4 is 17.7 Å². The average Bonchev–Trinajstić information content (AvgIpc) is 2.84. The van der Waals surface area contributed by atoms with Crippen LogP contribution in [-0.4, -0.2) is 61.6 Å². The Kier molecular flexibility index (Phi) is 10.2. The minimum Gasteiger partial charge on any atom is -0.378 e. The molecule has 2 atom stereocenters. The standard InChI is InChI=1S/C25H37N3O5/c26-24(30)22(18-33-17-20-9-5-2-6-10-20)27-25(31)21(15-19-7-3-1-4-8-19)16-23(29)28-11-13-32-14-12-28/h2,5-6,9-10,19,21-22H,1,3-4,7-8,11-18H2,(H2,26,30)(H,27,31)/t21?,22-/m0/s1. The number of amides is 3. The number of hydrogen-bond donors (Lipinski definition) is 2. The number of nitrogens with one attached hydrogen (secondary N) is 1. The van der Waals surface area contributed by atoms with Crippen LogP contribution in [0.2, 0.25) is 0 Å². The summed E-state index contributed by atoms with van der Waals surface area (Å²) in [7, 11) is 0. The molecule has 0 spiro atoms. The van der Waals surface area contributed by atoms with E-state index in [1.807, 2.05) is 30.3 Å². The number of carbonyl (C=O) groups is 3. The number of nitrogens with two attached hydrogens (primary N) is 1. The van der Waals surface area contributed by atoms with E-state index >= 15 is 0 Å². The van der Waals surface area contributed by atoms with Gasteiger partial charge in [-0.25, -0.2) is 0 Å². The number of benzene rings is 1. The van der Waals surface area contributed by atoms with Crippen LogP contribution < -0.4 is 11.1 Å². The fraction of sp³-hybridized carbons (Fsp3) is 0.640. The van der Waals surface area contributed by atoms with Crippen molar-refractivity contribution < 1.29 is 23.9 Å². The van der Waals surface area contributed by atoms with Crippen LogP contribution in [0.3, 0.4) is 0 Å². The molecular formula is C25H37N3O5. The highest BCUT2D eigenvalue weighted by molar-refractivity contribution is 5.90. The van der Waals surface area contributed by atoms with E-state index < -0.39 is 17.9 Å². The lowest BCUT2D eigenvalue weighted by atomic mass is 9.81. The molecule has 0 aromatic heterocycles. The topological polar surface area (TPSA) is 111 Å². The highest BCUT2D eigenvalue weighted by Gasteiger charge is 2.31. The molecule has 2 fully saturated rings. The van der Waals surface area contributed by atoms with Crippen molar-refractivity contribution in [2.24, 2.45) is 17.6 Å². The lowest BCUT2D eigenvalue weighted by molar-refractivity contribution is -0.140. The van der Waals surface area contributed by atoms with Crippen molar-refractivity contribution in [3.05, 3.63) is 35.9 Å². The Bertz CT molecular complexity index is 761. The first kappa shape index (κ1) is 25.2. The molecule has 8 nitrogen and oxygen atoms in total. The lowest BCUT2D eigenvalue weighted by Crippen LogP contribution is -2.50. The van der Waals surface area contributed by atoms with Crippen LogP contribution in [0.25, 0.3) is 0 Å². The number of rotatable bonds is 11. The molecule has 182 valence electrons. The van der Waals surface area contributed by atoms with E-state index in [9.17, 15) is 14.4 Å². The Morgan fingerprint density at radius 2 is 1.79 bits per heavy atom. The van der Waals surface area contributed by atoms with Gasteiger partial charge in [0.2, 0.25) is 17.7 Å². The molecule has 1 aromatic carbocycles. The number of morpholine rings is 1. The molecule has 0 bridgehead atoms. The minimum atomic E-state index is -0.937. The Balaban J connectivity index is 1.59. The first-order valence-electron chi connectivity index (χ1n) is 12.1. The van der Waals surface area contributed by atoms with E-state index in [1.165, 1.54) is 6.42 Å². The molecule has 33 heavy (non-hydrogen) atoms. The van der Waals surface area contributed by atoms with Gasteiger partial charge in [-0.1, -0.05) is 62.4 Å². The van der Waals surface area contributed by atoms with Crippen molar-refractivity contribution in [2.75, 3.05) is 32.9 Å². The van der Waals surface area contributed by atoms with Gasteiger partial charge in [0.05, 0.1) is 26.4 Å². The summed E-state index contributed by atoms with van der Waals surface area (Å²) in [6.07, 6.45) is 6.49. The highest BCUT2D eigenvalue weighted by atomic mass is 16.5. The van der Waals surface area contributed by atoms with Crippen LogP contribution in [0.4, 0.5) is 0 Å². The summed E-state index contributed by atoms with van der Waals surface area (Å²) >= 11 is 0. The molecule has 2 aliphatic rings. The smallest absolute Gasteiger partial charge is 0.242 e. The molecular weight excluding hydrogens is 422 g/mol. The average molecular weight is 460 g/mol. The predicted molar refractivity (Wildman–Crippen MR) is 124 cm³/mol. The second-order valence-electron chi connectivity index (χ2n) is 9.10. The summed E-state index contributed by atoms with van der Waals surface area (Å²) in [5.41, 5.74) is 6.51. The maximum Gasteiger partial charge on any atom is 0.242 e. The predicted octanol–water partition coefficient (Wildman–Crippen LogP) is 2.01. The zero-order valence-corrected chi connectivity index (χ0v) is 19.4. The van der Waals surface area contributed by atoms with E-state index in [4.69, 9.17) is 15.2 Å². The molecule has 1 saturated carbocycles. The number of primary amides is 1. The third-order valence-electron chi connectivity index (χ3n) is 6.55. The first-order valence-corrected chi connectivity index (χ1v) is 12.1. The molecule has 3 amide bonds. The molecule has 1 unspecified atom stereocenters. The number of hydrogen-bond acceptors (Lipinski definition) is 5. The summed E-state index contributed by atoms with van der Waals surface area (Å²) in [5, 5.41) is 2.77. The second kappa shape index (κ2) is 13.3. The van der Waals surface area contributed by atoms with Crippen LogP contribution in [-0.2, 0) is 30.5 Å². The number of ether oxygens (including phenoxy) is 2. The monoisotopic (exact) mass is 459 g/mol. The fourth-order valence-corrected chi connectivity index (χ4v) is 4.61. The summed E-state index contributed by atoms with van der Waals surface area (Å²) in [6.45, 7) is 2.45. The first-order chi connectivity index (χ1) is 16.0. The van der Waals surface area contributed by atoms with Gasteiger partial charge in [-0.05, 0) is 17.9 Å². The molecule has 1 heterocycles. The maximum atomic E-state index is 13.2. The van der Waals surface area contributed by atoms with Gasteiger partial charge >= 0.3 is 0 Å². The summed E-state index contributed by atoms with van der Waals surface area (Å²) in [5.74, 6) is -1.04. The van der Waals surface area contributed by atoms with Crippen molar-refractivity contribution in [3.8, 4) is 0 Å². The molecule has 1 aliphatic heterocycles. The van der Waals surface area contributed by atoms with Crippen molar-refractivity contribution in [2.45, 2.75) is 57.6 Å². The van der Waals surface area contributed by atoms with Crippen LogP contribution in [0.1, 0.15) is 50.5 Å². The fourth-order valence-electron chi connectivity index (χ4n) is 4.61. The van der Waals surface area contributed by atoms with Gasteiger partial charge in [-0.3, -0.25) is 14.4 Å². The quantitative estimate of drug-likeness (QED) is 0.526. The molecule has 3 N–H and O–H groups in total. The van der Waals surface area contributed by atoms with Gasteiger partial charge in [-0.2, -0.15) is 0 Å². The van der Waals surface area contributed by atoms with Gasteiger partial charge in [0.15, 0.2) is 0 Å². The molecule has 3 rings (SSSR count). The van der Waals surface area contributed by atoms with Crippen LogP contribution in [0.15, 0.2) is 30.3 Å². The van der Waals surface area contributed by atoms with Gasteiger partial charge in [0.25, 0.3) is 0 Å². The van der Waals surface area contributed by atoms with E-state index in [2.05, 4.69) is 5.32 Å². The minimum absolute atomic E-state index is 0.0104. The Morgan fingerprint density at radius 3 is 2.45 bits per heavy atom. The summed E-state index contributed by atoms with van der Waals surface area (Å²) < 4.78 is 11.0. The zero-order chi connectivity index (χ0) is 23.5. The molecule has 0 radical (unpaired) electrons. The van der Waals surface area contributed by atoms with Crippen LogP contribution in [0.5, 0.6) is 0 Å². The van der Waals surface area contributed by atoms with Gasteiger partial charge in [0, 0.05) is 25.4 Å². The Labute approximate surface area is 196 Å². The highest BCUT2D eigenvalue weighted by Crippen LogP contribution is 2.30. The molecule has 1 aliphatic carbocycles. The van der Waals surface area contributed by atoms with E-state index in [-0.39, 0.29) is 24.8 Å². The molecule has 1 aromatic rings. The maximum absolute atomic E-state index is 13.2. The SMILES string of the molecule is NC(=O)[C@H](COCc1ccccc1)NC(=O)C(CC(=O)N1CCOCC1)CC1CCCCC1. The van der Waals surface area contributed by atoms with Crippen molar-refractivity contribution in [1.29, 1.82) is 0 Å². The van der Waals surface area contributed by atoms with E-state index in [0.717, 1.165) is 31.2 Å². The van der Waals surface area contributed by atoms with Crippen molar-refractivity contribution in [3.63, 3.8) is 0 Å². The molecule has 1 saturated heterocycles. The molecule has 8 heteroatoms. The van der Waals surface area contributed by atoms with E-state index in [0.29, 0.717) is 45.2 Å². The Morgan fingerprint density at radius 1 is 1.09 bits per heavy atom. The zero-order valence-electron chi connectivity index (χ0n) is 19.4. The van der Waals surface area contributed by atoms with Gasteiger partial charge in [-0.15, -0.1) is 0 Å². The summed E-state index contributed by atoms with van der Waals surface area (Å²) in [6, 6.07) is 8.65. The summed E-state index contributed by atoms with van der Waals surface area (Å²) in [4.78, 5) is 39.9. The van der Waals surface area contributed by atoms with Gasteiger partial charge in [0.1, 0.15) is 6.04 Å². The third kappa shape index (κ3) is 8.44. The van der Waals surface area contributed by atoms with Crippen molar-refractivity contribution in [1.82, 2.24) is 10.2 Å². The third-order valence-corrected chi connectivity index (χ3v) is 6.55.